The van der Waals surface area contributed by atoms with E-state index in [0.717, 1.165) is 37.4 Å². The molecule has 0 bridgehead atoms. The molecule has 3 rings (SSSR count). The van der Waals surface area contributed by atoms with Crippen LogP contribution in [0.3, 0.4) is 0 Å². The second-order valence-electron chi connectivity index (χ2n) is 7.89. The topological polar surface area (TPSA) is 64.0 Å². The van der Waals surface area contributed by atoms with Gasteiger partial charge in [0.1, 0.15) is 12.6 Å². The van der Waals surface area contributed by atoms with Crippen molar-refractivity contribution in [1.29, 1.82) is 0 Å². The molecule has 2 aromatic carbocycles. The molecule has 1 heterocycles. The molecule has 3 N–H and O–H groups in total. The van der Waals surface area contributed by atoms with Crippen molar-refractivity contribution in [2.45, 2.75) is 45.3 Å². The summed E-state index contributed by atoms with van der Waals surface area (Å²) >= 11 is 0. The van der Waals surface area contributed by atoms with Crippen molar-refractivity contribution in [3.63, 3.8) is 0 Å². The van der Waals surface area contributed by atoms with E-state index in [1.807, 2.05) is 13.0 Å². The highest BCUT2D eigenvalue weighted by Crippen LogP contribution is 2.35. The van der Waals surface area contributed by atoms with Crippen LogP contribution in [-0.4, -0.2) is 39.4 Å². The van der Waals surface area contributed by atoms with Gasteiger partial charge in [-0.1, -0.05) is 37.3 Å². The summed E-state index contributed by atoms with van der Waals surface area (Å²) in [5.41, 5.74) is 3.77. The van der Waals surface area contributed by atoms with Gasteiger partial charge >= 0.3 is 6.03 Å². The van der Waals surface area contributed by atoms with Gasteiger partial charge in [0, 0.05) is 24.1 Å². The number of hydrogen-bond donors (Lipinski definition) is 3. The predicted molar refractivity (Wildman–Crippen MR) is 118 cm³/mol. The Bertz CT molecular complexity index is 841. The first-order valence-electron chi connectivity index (χ1n) is 10.7. The van der Waals surface area contributed by atoms with Crippen molar-refractivity contribution in [1.82, 2.24) is 10.6 Å². The first-order valence-corrected chi connectivity index (χ1v) is 10.7. The number of quaternary nitrogens is 1. The molecule has 0 radical (unpaired) electrons. The number of carbonyl (C=O) groups excluding carboxylic acids is 1. The second kappa shape index (κ2) is 10.3. The van der Waals surface area contributed by atoms with Gasteiger partial charge in [-0.3, -0.25) is 0 Å². The molecule has 0 saturated carbocycles. The van der Waals surface area contributed by atoms with Crippen LogP contribution in [0.4, 0.5) is 4.79 Å². The van der Waals surface area contributed by atoms with Gasteiger partial charge in [0.05, 0.1) is 26.8 Å². The number of amides is 2. The Morgan fingerprint density at radius 2 is 1.87 bits per heavy atom. The van der Waals surface area contributed by atoms with Gasteiger partial charge in [0.15, 0.2) is 11.5 Å². The Morgan fingerprint density at radius 1 is 1.17 bits per heavy atom. The zero-order chi connectivity index (χ0) is 21.5. The zero-order valence-corrected chi connectivity index (χ0v) is 18.5. The first-order chi connectivity index (χ1) is 14.6. The third-order valence-corrected chi connectivity index (χ3v) is 5.80. The number of benzene rings is 2. The molecule has 1 unspecified atom stereocenters. The van der Waals surface area contributed by atoms with E-state index < -0.39 is 0 Å². The molecule has 2 aromatic rings. The molecule has 162 valence electrons. The van der Waals surface area contributed by atoms with Crippen LogP contribution < -0.4 is 25.0 Å². The van der Waals surface area contributed by atoms with Crippen molar-refractivity contribution in [3.05, 3.63) is 59.2 Å². The number of urea groups is 1. The number of fused-ring (bicyclic) bond motifs is 1. The summed E-state index contributed by atoms with van der Waals surface area (Å²) in [6.45, 7) is 6.71. The fourth-order valence-corrected chi connectivity index (χ4v) is 4.37. The normalized spacial score (nSPS) is 18.8. The fourth-order valence-electron chi connectivity index (χ4n) is 4.37. The lowest BCUT2D eigenvalue weighted by Gasteiger charge is -2.38. The van der Waals surface area contributed by atoms with Crippen molar-refractivity contribution >= 4 is 6.03 Å². The van der Waals surface area contributed by atoms with Crippen LogP contribution in [0.1, 0.15) is 43.0 Å². The molecule has 0 saturated heterocycles. The van der Waals surface area contributed by atoms with Gasteiger partial charge in [0.25, 0.3) is 0 Å². The van der Waals surface area contributed by atoms with Gasteiger partial charge < -0.3 is 25.0 Å². The Morgan fingerprint density at radius 3 is 2.53 bits per heavy atom. The van der Waals surface area contributed by atoms with Gasteiger partial charge in [-0.2, -0.15) is 0 Å². The number of carbonyl (C=O) groups is 1. The van der Waals surface area contributed by atoms with Crippen LogP contribution in [-0.2, 0) is 13.0 Å². The van der Waals surface area contributed by atoms with Crippen LogP contribution >= 0.6 is 0 Å². The fraction of sp³-hybridized carbons (Fsp3) is 0.458. The maximum atomic E-state index is 12.4. The Labute approximate surface area is 179 Å². The maximum absolute atomic E-state index is 12.4. The van der Waals surface area contributed by atoms with E-state index in [-0.39, 0.29) is 18.1 Å². The molecule has 3 atom stereocenters. The Hall–Kier alpha value is -2.73. The highest BCUT2D eigenvalue weighted by molar-refractivity contribution is 5.74. The van der Waals surface area contributed by atoms with Crippen molar-refractivity contribution in [2.75, 3.05) is 27.3 Å². The Kier molecular flexibility index (Phi) is 7.57. The van der Waals surface area contributed by atoms with Crippen molar-refractivity contribution < 1.29 is 19.2 Å². The summed E-state index contributed by atoms with van der Waals surface area (Å²) in [7, 11) is 3.33. The van der Waals surface area contributed by atoms with Gasteiger partial charge in [0.2, 0.25) is 0 Å². The SMILES string of the molecule is CCCNC(=O)N[C@@H](C)[C@H]1c2cc(OC)c(OC)cc2CC[NH+]1Cc1ccccc1. The summed E-state index contributed by atoms with van der Waals surface area (Å²) in [4.78, 5) is 13.8. The van der Waals surface area contributed by atoms with Crippen LogP contribution in [0.15, 0.2) is 42.5 Å². The standard InChI is InChI=1S/C24H33N3O3/c1-5-12-25-24(28)26-17(2)23-20-15-22(30-4)21(29-3)14-19(20)11-13-27(23)16-18-9-7-6-8-10-18/h6-10,14-15,17,23H,5,11-13,16H2,1-4H3,(H2,25,26,28)/p+1/t17-,23-/m0/s1. The Balaban J connectivity index is 1.93. The number of methoxy groups -OCH3 is 2. The number of hydrogen-bond acceptors (Lipinski definition) is 3. The smallest absolute Gasteiger partial charge is 0.315 e. The highest BCUT2D eigenvalue weighted by Gasteiger charge is 2.37. The van der Waals surface area contributed by atoms with E-state index in [1.54, 1.807) is 14.2 Å². The molecule has 0 spiro atoms. The summed E-state index contributed by atoms with van der Waals surface area (Å²) < 4.78 is 11.1. The van der Waals surface area contributed by atoms with Gasteiger partial charge in [-0.05, 0) is 31.0 Å². The third kappa shape index (κ3) is 5.05. The molecule has 1 aliphatic rings. The quantitative estimate of drug-likeness (QED) is 0.624. The van der Waals surface area contributed by atoms with Crippen molar-refractivity contribution in [3.8, 4) is 11.5 Å². The third-order valence-electron chi connectivity index (χ3n) is 5.80. The van der Waals surface area contributed by atoms with E-state index in [9.17, 15) is 4.79 Å². The van der Waals surface area contributed by atoms with Crippen molar-refractivity contribution in [2.24, 2.45) is 0 Å². The molecule has 30 heavy (non-hydrogen) atoms. The van der Waals surface area contributed by atoms with Gasteiger partial charge in [-0.25, -0.2) is 4.79 Å². The van der Waals surface area contributed by atoms with Crippen LogP contribution in [0.25, 0.3) is 0 Å². The molecule has 0 aromatic heterocycles. The minimum absolute atomic E-state index is 0.0438. The lowest BCUT2D eigenvalue weighted by atomic mass is 9.87. The van der Waals surface area contributed by atoms with E-state index >= 15 is 0 Å². The molecular weight excluding hydrogens is 378 g/mol. The van der Waals surface area contributed by atoms with Crippen LogP contribution in [0.2, 0.25) is 0 Å². The van der Waals surface area contributed by atoms with E-state index in [4.69, 9.17) is 9.47 Å². The molecule has 0 aliphatic carbocycles. The van der Waals surface area contributed by atoms with E-state index in [2.05, 4.69) is 54.0 Å². The molecule has 0 fully saturated rings. The number of nitrogens with one attached hydrogen (secondary N) is 3. The summed E-state index contributed by atoms with van der Waals surface area (Å²) in [6.07, 6.45) is 1.87. The molecule has 2 amide bonds. The average molecular weight is 413 g/mol. The van der Waals surface area contributed by atoms with Gasteiger partial charge in [-0.15, -0.1) is 0 Å². The minimum atomic E-state index is -0.115. The molecule has 1 aliphatic heterocycles. The van der Waals surface area contributed by atoms with Crippen LogP contribution in [0.5, 0.6) is 11.5 Å². The first kappa shape index (κ1) is 22.0. The summed E-state index contributed by atoms with van der Waals surface area (Å²) in [5, 5.41) is 6.09. The lowest BCUT2D eigenvalue weighted by molar-refractivity contribution is -0.948. The summed E-state index contributed by atoms with van der Waals surface area (Å²) in [6, 6.07) is 14.7. The minimum Gasteiger partial charge on any atom is -0.493 e. The monoisotopic (exact) mass is 412 g/mol. The summed E-state index contributed by atoms with van der Waals surface area (Å²) in [5.74, 6) is 1.48. The molecule has 6 nitrogen and oxygen atoms in total. The predicted octanol–water partition coefficient (Wildman–Crippen LogP) is 2.48. The number of ether oxygens (including phenoxy) is 2. The van der Waals surface area contributed by atoms with Crippen LogP contribution in [0, 0.1) is 0 Å². The number of rotatable bonds is 8. The highest BCUT2D eigenvalue weighted by atomic mass is 16.5. The lowest BCUT2D eigenvalue weighted by Crippen LogP contribution is -3.13. The average Bonchev–Trinajstić information content (AvgIpc) is 2.77. The maximum Gasteiger partial charge on any atom is 0.315 e. The molecule has 6 heteroatoms. The van der Waals surface area contributed by atoms with E-state index in [0.29, 0.717) is 6.54 Å². The molecular formula is C24H34N3O3+. The zero-order valence-electron chi connectivity index (χ0n) is 18.5. The second-order valence-corrected chi connectivity index (χ2v) is 7.89. The largest absolute Gasteiger partial charge is 0.493 e. The van der Waals surface area contributed by atoms with E-state index in [1.165, 1.54) is 21.6 Å².